The Morgan fingerprint density at radius 3 is 1.43 bits per heavy atom. The Morgan fingerprint density at radius 1 is 0.278 bits per heavy atom. The lowest BCUT2D eigenvalue weighted by molar-refractivity contribution is 1.28. The highest BCUT2D eigenvalue weighted by atomic mass is 32.1. The molecule has 9 aromatic carbocycles. The van der Waals surface area contributed by atoms with E-state index < -0.39 is 0 Å². The molecule has 0 aliphatic heterocycles. The average molecular weight is 706 g/mol. The first-order valence-electron chi connectivity index (χ1n) is 18.4. The predicted octanol–water partition coefficient (Wildman–Crippen LogP) is 15.3. The summed E-state index contributed by atoms with van der Waals surface area (Å²) in [6, 6.07) is 76.9. The summed E-state index contributed by atoms with van der Waals surface area (Å²) in [6.45, 7) is 0. The average Bonchev–Trinajstić information content (AvgIpc) is 3.65. The van der Waals surface area contributed by atoms with Crippen LogP contribution in [-0.4, -0.2) is 0 Å². The molecule has 0 amide bonds. The van der Waals surface area contributed by atoms with Crippen LogP contribution in [0.15, 0.2) is 212 Å². The Hall–Kier alpha value is -6.74. The predicted molar refractivity (Wildman–Crippen MR) is 233 cm³/mol. The maximum absolute atomic E-state index is 2.39. The van der Waals surface area contributed by atoms with Crippen molar-refractivity contribution in [3.05, 3.63) is 212 Å². The molecule has 10 aromatic rings. The van der Waals surface area contributed by atoms with Gasteiger partial charge in [-0.3, -0.25) is 0 Å². The smallest absolute Gasteiger partial charge is 0.0540 e. The van der Waals surface area contributed by atoms with Crippen molar-refractivity contribution in [3.8, 4) is 44.5 Å². The van der Waals surface area contributed by atoms with Gasteiger partial charge >= 0.3 is 0 Å². The third kappa shape index (κ3) is 5.74. The summed E-state index contributed by atoms with van der Waals surface area (Å²) in [4.78, 5) is 2.39. The zero-order valence-electron chi connectivity index (χ0n) is 29.6. The van der Waals surface area contributed by atoms with Gasteiger partial charge in [0.1, 0.15) is 0 Å². The molecule has 0 N–H and O–H groups in total. The van der Waals surface area contributed by atoms with Crippen LogP contribution in [-0.2, 0) is 0 Å². The van der Waals surface area contributed by atoms with Crippen molar-refractivity contribution >= 4 is 59.3 Å². The van der Waals surface area contributed by atoms with Crippen molar-refractivity contribution in [2.45, 2.75) is 0 Å². The second-order valence-corrected chi connectivity index (χ2v) is 14.7. The SMILES string of the molecule is c1ccc(-c2ccc(-c3ccc(N(c4ccc(-c5cccc6c5sc5c7ccccc7ccc65)cc4)c4ccccc4-c4ccccc4)cc3)cc2)cc1. The second-order valence-electron chi connectivity index (χ2n) is 13.7. The van der Waals surface area contributed by atoms with E-state index in [0.717, 1.165) is 17.1 Å². The highest BCUT2D eigenvalue weighted by Crippen LogP contribution is 2.45. The number of thiophene rings is 1. The van der Waals surface area contributed by atoms with Gasteiger partial charge in [0.05, 0.1) is 5.69 Å². The molecule has 0 fully saturated rings. The van der Waals surface area contributed by atoms with E-state index in [9.17, 15) is 0 Å². The summed E-state index contributed by atoms with van der Waals surface area (Å²) in [7, 11) is 0. The van der Waals surface area contributed by atoms with E-state index in [4.69, 9.17) is 0 Å². The van der Waals surface area contributed by atoms with E-state index in [1.807, 2.05) is 11.3 Å². The lowest BCUT2D eigenvalue weighted by Crippen LogP contribution is -2.11. The largest absolute Gasteiger partial charge is 0.310 e. The molecule has 0 aliphatic rings. The van der Waals surface area contributed by atoms with Crippen LogP contribution in [0.1, 0.15) is 0 Å². The molecular weight excluding hydrogens is 671 g/mol. The van der Waals surface area contributed by atoms with E-state index in [1.165, 1.54) is 75.5 Å². The minimum Gasteiger partial charge on any atom is -0.310 e. The van der Waals surface area contributed by atoms with Crippen LogP contribution in [0, 0.1) is 0 Å². The molecule has 54 heavy (non-hydrogen) atoms. The summed E-state index contributed by atoms with van der Waals surface area (Å²) >= 11 is 1.90. The fraction of sp³-hybridized carbons (Fsp3) is 0. The highest BCUT2D eigenvalue weighted by molar-refractivity contribution is 7.27. The van der Waals surface area contributed by atoms with Crippen molar-refractivity contribution < 1.29 is 0 Å². The van der Waals surface area contributed by atoms with Gasteiger partial charge < -0.3 is 4.90 Å². The van der Waals surface area contributed by atoms with Gasteiger partial charge in [0, 0.05) is 37.1 Å². The first-order chi connectivity index (χ1) is 26.8. The van der Waals surface area contributed by atoms with Gasteiger partial charge in [0.25, 0.3) is 0 Å². The monoisotopic (exact) mass is 705 g/mol. The van der Waals surface area contributed by atoms with Crippen LogP contribution in [0.2, 0.25) is 0 Å². The van der Waals surface area contributed by atoms with Gasteiger partial charge in [-0.1, -0.05) is 182 Å². The van der Waals surface area contributed by atoms with Gasteiger partial charge in [-0.05, 0) is 80.0 Å². The second kappa shape index (κ2) is 13.7. The fourth-order valence-corrected chi connectivity index (χ4v) is 9.16. The zero-order chi connectivity index (χ0) is 35.8. The van der Waals surface area contributed by atoms with Gasteiger partial charge in [0.2, 0.25) is 0 Å². The maximum Gasteiger partial charge on any atom is 0.0540 e. The molecule has 2 heteroatoms. The van der Waals surface area contributed by atoms with Crippen LogP contribution in [0.25, 0.3) is 75.5 Å². The molecule has 0 radical (unpaired) electrons. The topological polar surface area (TPSA) is 3.24 Å². The third-order valence-corrected chi connectivity index (χ3v) is 11.8. The molecule has 1 aromatic heterocycles. The molecule has 0 saturated heterocycles. The molecule has 10 rings (SSSR count). The normalized spacial score (nSPS) is 11.3. The van der Waals surface area contributed by atoms with Crippen LogP contribution in [0.4, 0.5) is 17.1 Å². The Bertz CT molecular complexity index is 2890. The molecule has 0 atom stereocenters. The molecule has 0 saturated carbocycles. The minimum atomic E-state index is 1.11. The van der Waals surface area contributed by atoms with Crippen molar-refractivity contribution in [3.63, 3.8) is 0 Å². The van der Waals surface area contributed by atoms with Crippen LogP contribution >= 0.6 is 11.3 Å². The number of nitrogens with zero attached hydrogens (tertiary/aromatic N) is 1. The van der Waals surface area contributed by atoms with E-state index >= 15 is 0 Å². The number of hydrogen-bond donors (Lipinski definition) is 0. The molecule has 0 bridgehead atoms. The van der Waals surface area contributed by atoms with Crippen LogP contribution < -0.4 is 4.90 Å². The Kier molecular flexibility index (Phi) is 8.09. The summed E-state index contributed by atoms with van der Waals surface area (Å²) < 4.78 is 2.68. The number of hydrogen-bond acceptors (Lipinski definition) is 2. The summed E-state index contributed by atoms with van der Waals surface area (Å²) in [5.74, 6) is 0. The standard InChI is InChI=1S/C52H35NS/c1-3-12-36(13-4-1)37-22-24-38(25-23-37)39-26-31-43(32-27-39)53(50-21-10-9-17-45(50)40-14-5-2-6-15-40)44-33-28-42(29-34-44)47-19-11-20-48-49-35-30-41-16-7-8-18-46(41)52(49)54-51(47)48/h1-35H. The number of benzene rings is 9. The lowest BCUT2D eigenvalue weighted by Gasteiger charge is -2.28. The van der Waals surface area contributed by atoms with Crippen LogP contribution in [0.3, 0.4) is 0 Å². The summed E-state index contributed by atoms with van der Waals surface area (Å²) in [5.41, 5.74) is 13.0. The number of rotatable bonds is 7. The molecule has 254 valence electrons. The lowest BCUT2D eigenvalue weighted by atomic mass is 9.99. The molecule has 1 nitrogen and oxygen atoms in total. The first kappa shape index (κ1) is 32.0. The fourth-order valence-electron chi connectivity index (χ4n) is 7.79. The highest BCUT2D eigenvalue weighted by Gasteiger charge is 2.18. The van der Waals surface area contributed by atoms with Gasteiger partial charge in [-0.25, -0.2) is 0 Å². The first-order valence-corrected chi connectivity index (χ1v) is 19.2. The maximum atomic E-state index is 2.39. The Labute approximate surface area is 319 Å². The van der Waals surface area contributed by atoms with Gasteiger partial charge in [-0.2, -0.15) is 0 Å². The zero-order valence-corrected chi connectivity index (χ0v) is 30.4. The summed E-state index contributed by atoms with van der Waals surface area (Å²) in [5, 5.41) is 5.25. The number of anilines is 3. The molecule has 1 heterocycles. The van der Waals surface area contributed by atoms with Crippen LogP contribution in [0.5, 0.6) is 0 Å². The molecule has 0 aliphatic carbocycles. The Balaban J connectivity index is 1.05. The number of fused-ring (bicyclic) bond motifs is 5. The molecule has 0 spiro atoms. The molecule has 0 unspecified atom stereocenters. The van der Waals surface area contributed by atoms with E-state index in [1.54, 1.807) is 0 Å². The minimum absolute atomic E-state index is 1.11. The van der Waals surface area contributed by atoms with Crippen molar-refractivity contribution in [2.75, 3.05) is 4.90 Å². The van der Waals surface area contributed by atoms with E-state index in [2.05, 4.69) is 217 Å². The van der Waals surface area contributed by atoms with Crippen molar-refractivity contribution in [1.82, 2.24) is 0 Å². The summed E-state index contributed by atoms with van der Waals surface area (Å²) in [6.07, 6.45) is 0. The third-order valence-electron chi connectivity index (χ3n) is 10.5. The van der Waals surface area contributed by atoms with E-state index in [-0.39, 0.29) is 0 Å². The number of para-hydroxylation sites is 1. The quantitative estimate of drug-likeness (QED) is 0.160. The Morgan fingerprint density at radius 2 is 0.741 bits per heavy atom. The van der Waals surface area contributed by atoms with Crippen molar-refractivity contribution in [2.24, 2.45) is 0 Å². The van der Waals surface area contributed by atoms with Gasteiger partial charge in [-0.15, -0.1) is 11.3 Å². The van der Waals surface area contributed by atoms with E-state index in [0.29, 0.717) is 0 Å². The molecular formula is C52H35NS. The van der Waals surface area contributed by atoms with Gasteiger partial charge in [0.15, 0.2) is 0 Å². The van der Waals surface area contributed by atoms with Crippen molar-refractivity contribution in [1.29, 1.82) is 0 Å².